The van der Waals surface area contributed by atoms with Crippen molar-refractivity contribution in [2.45, 2.75) is 58.7 Å². The van der Waals surface area contributed by atoms with E-state index in [0.29, 0.717) is 23.4 Å². The predicted octanol–water partition coefficient (Wildman–Crippen LogP) is 2.97. The quantitative estimate of drug-likeness (QED) is 0.365. The van der Waals surface area contributed by atoms with Crippen LogP contribution in [0.1, 0.15) is 50.7 Å². The average molecular weight is 500 g/mol. The van der Waals surface area contributed by atoms with Crippen molar-refractivity contribution in [3.8, 4) is 5.75 Å². The Balaban J connectivity index is 0.000000642. The Hall–Kier alpha value is -2.95. The molecule has 1 unspecified atom stereocenters. The molecular formula is C26H41N7O3. The maximum absolute atomic E-state index is 9.77. The number of ether oxygens (including phenoxy) is 2. The number of fused-ring (bicyclic) bond motifs is 1. The third-order valence-electron chi connectivity index (χ3n) is 6.12. The molecule has 1 aliphatic rings. The second kappa shape index (κ2) is 14.0. The summed E-state index contributed by atoms with van der Waals surface area (Å²) in [5, 5.41) is 17.7. The highest BCUT2D eigenvalue weighted by atomic mass is 16.5. The summed E-state index contributed by atoms with van der Waals surface area (Å²) >= 11 is 0. The van der Waals surface area contributed by atoms with Gasteiger partial charge in [0.05, 0.1) is 32.5 Å². The van der Waals surface area contributed by atoms with Gasteiger partial charge in [-0.3, -0.25) is 4.68 Å². The maximum atomic E-state index is 9.77. The SMILES string of the molecule is C1CCOC1.CCCCN(c1nc(N)nc2cn(Cc3ccc(CNC)cc3OC)nc12)C(C)CO. The van der Waals surface area contributed by atoms with Gasteiger partial charge in [0.1, 0.15) is 11.3 Å². The van der Waals surface area contributed by atoms with E-state index in [-0.39, 0.29) is 18.6 Å². The first-order chi connectivity index (χ1) is 17.5. The molecular weight excluding hydrogens is 458 g/mol. The molecule has 1 aliphatic heterocycles. The van der Waals surface area contributed by atoms with Crippen LogP contribution in [0.2, 0.25) is 0 Å². The number of aliphatic hydroxyl groups is 1. The minimum atomic E-state index is -0.103. The fourth-order valence-electron chi connectivity index (χ4n) is 4.12. The Bertz CT molecular complexity index is 1080. The summed E-state index contributed by atoms with van der Waals surface area (Å²) in [6.45, 7) is 8.19. The molecule has 1 atom stereocenters. The van der Waals surface area contributed by atoms with Crippen molar-refractivity contribution >= 4 is 22.8 Å². The van der Waals surface area contributed by atoms with E-state index >= 15 is 0 Å². The Morgan fingerprint density at radius 2 is 2.06 bits per heavy atom. The zero-order valence-electron chi connectivity index (χ0n) is 22.0. The Labute approximate surface area is 213 Å². The molecule has 1 aromatic carbocycles. The molecule has 36 heavy (non-hydrogen) atoms. The fraction of sp³-hybridized carbons (Fsp3) is 0.577. The van der Waals surface area contributed by atoms with Gasteiger partial charge < -0.3 is 30.5 Å². The van der Waals surface area contributed by atoms with Gasteiger partial charge in [0.2, 0.25) is 5.95 Å². The van der Waals surface area contributed by atoms with Gasteiger partial charge in [-0.2, -0.15) is 10.1 Å². The van der Waals surface area contributed by atoms with Gasteiger partial charge in [-0.1, -0.05) is 25.5 Å². The number of methoxy groups -OCH3 is 1. The van der Waals surface area contributed by atoms with Crippen LogP contribution in [0, 0.1) is 0 Å². The molecule has 1 saturated heterocycles. The van der Waals surface area contributed by atoms with Crippen molar-refractivity contribution in [2.24, 2.45) is 0 Å². The monoisotopic (exact) mass is 499 g/mol. The lowest BCUT2D eigenvalue weighted by atomic mass is 10.1. The van der Waals surface area contributed by atoms with Crippen molar-refractivity contribution in [2.75, 3.05) is 51.2 Å². The van der Waals surface area contributed by atoms with E-state index in [1.54, 1.807) is 7.11 Å². The third-order valence-corrected chi connectivity index (χ3v) is 6.12. The summed E-state index contributed by atoms with van der Waals surface area (Å²) in [5.41, 5.74) is 9.54. The minimum absolute atomic E-state index is 0.0198. The van der Waals surface area contributed by atoms with E-state index in [4.69, 9.17) is 20.3 Å². The fourth-order valence-corrected chi connectivity index (χ4v) is 4.12. The molecule has 2 aromatic heterocycles. The first kappa shape index (κ1) is 27.6. The number of hydrogen-bond acceptors (Lipinski definition) is 9. The van der Waals surface area contributed by atoms with Crippen LogP contribution in [0.5, 0.6) is 5.75 Å². The van der Waals surface area contributed by atoms with Crippen molar-refractivity contribution in [3.05, 3.63) is 35.5 Å². The zero-order chi connectivity index (χ0) is 25.9. The summed E-state index contributed by atoms with van der Waals surface area (Å²) in [6, 6.07) is 6.07. The lowest BCUT2D eigenvalue weighted by Gasteiger charge is -2.29. The van der Waals surface area contributed by atoms with Crippen molar-refractivity contribution in [1.82, 2.24) is 25.1 Å². The summed E-state index contributed by atoms with van der Waals surface area (Å²) in [5.74, 6) is 1.67. The van der Waals surface area contributed by atoms with E-state index in [1.165, 1.54) is 12.8 Å². The lowest BCUT2D eigenvalue weighted by Crippen LogP contribution is -2.37. The molecule has 0 bridgehead atoms. The van der Waals surface area contributed by atoms with E-state index in [9.17, 15) is 5.11 Å². The summed E-state index contributed by atoms with van der Waals surface area (Å²) in [6.07, 6.45) is 6.45. The predicted molar refractivity (Wildman–Crippen MR) is 143 cm³/mol. The summed E-state index contributed by atoms with van der Waals surface area (Å²) in [7, 11) is 3.59. The number of nitrogens with one attached hydrogen (secondary N) is 1. The average Bonchev–Trinajstić information content (AvgIpc) is 3.58. The number of rotatable bonds is 11. The van der Waals surface area contributed by atoms with Crippen LogP contribution >= 0.6 is 0 Å². The summed E-state index contributed by atoms with van der Waals surface area (Å²) in [4.78, 5) is 10.9. The van der Waals surface area contributed by atoms with Crippen molar-refractivity contribution in [3.63, 3.8) is 0 Å². The molecule has 4 rings (SSSR count). The number of benzene rings is 1. The van der Waals surface area contributed by atoms with Gasteiger partial charge in [-0.15, -0.1) is 0 Å². The van der Waals surface area contributed by atoms with Crippen LogP contribution in [-0.2, 0) is 17.8 Å². The van der Waals surface area contributed by atoms with Gasteiger partial charge >= 0.3 is 0 Å². The Kier molecular flexibility index (Phi) is 10.7. The van der Waals surface area contributed by atoms with Crippen molar-refractivity contribution in [1.29, 1.82) is 0 Å². The molecule has 10 heteroatoms. The lowest BCUT2D eigenvalue weighted by molar-refractivity contribution is 0.198. The van der Waals surface area contributed by atoms with Crippen molar-refractivity contribution < 1.29 is 14.6 Å². The molecule has 0 saturated carbocycles. The molecule has 0 spiro atoms. The molecule has 4 N–H and O–H groups in total. The highest BCUT2D eigenvalue weighted by molar-refractivity contribution is 5.86. The molecule has 3 heterocycles. The van der Waals surface area contributed by atoms with Gasteiger partial charge in [0.25, 0.3) is 0 Å². The molecule has 198 valence electrons. The van der Waals surface area contributed by atoms with Gasteiger partial charge in [0, 0.05) is 31.9 Å². The van der Waals surface area contributed by atoms with Crippen LogP contribution in [0.3, 0.4) is 0 Å². The topological polar surface area (TPSA) is 124 Å². The number of hydrogen-bond donors (Lipinski definition) is 3. The first-order valence-electron chi connectivity index (χ1n) is 12.8. The summed E-state index contributed by atoms with van der Waals surface area (Å²) < 4.78 is 12.4. The van der Waals surface area contributed by atoms with Crippen LogP contribution < -0.4 is 20.7 Å². The molecule has 0 amide bonds. The standard InChI is InChI=1S/C22H33N7O2.C4H8O/c1-5-6-9-29(15(2)14-30)21-20-18(25-22(23)26-21)13-28(27-20)12-17-8-7-16(11-24-3)10-19(17)31-4;1-2-4-5-3-1/h7-8,10,13,15,24,30H,5-6,9,11-12,14H2,1-4H3,(H2,23,25);1-4H2. The second-order valence-corrected chi connectivity index (χ2v) is 9.04. The van der Waals surface area contributed by atoms with Gasteiger partial charge in [0.15, 0.2) is 11.3 Å². The minimum Gasteiger partial charge on any atom is -0.496 e. The molecule has 0 radical (unpaired) electrons. The molecule has 1 fully saturated rings. The zero-order valence-corrected chi connectivity index (χ0v) is 22.0. The Morgan fingerprint density at radius 3 is 2.67 bits per heavy atom. The highest BCUT2D eigenvalue weighted by Gasteiger charge is 2.21. The van der Waals surface area contributed by atoms with Gasteiger partial charge in [-0.25, -0.2) is 4.98 Å². The van der Waals surface area contributed by atoms with E-state index in [2.05, 4.69) is 39.2 Å². The third kappa shape index (κ3) is 7.28. The second-order valence-electron chi connectivity index (χ2n) is 9.04. The number of nitrogens with two attached hydrogens (primary N) is 1. The highest BCUT2D eigenvalue weighted by Crippen LogP contribution is 2.27. The number of anilines is 2. The molecule has 3 aromatic rings. The van der Waals surface area contributed by atoms with Crippen LogP contribution in [0.25, 0.3) is 11.0 Å². The number of aromatic nitrogens is 4. The van der Waals surface area contributed by atoms with E-state index in [1.807, 2.05) is 30.9 Å². The van der Waals surface area contributed by atoms with Crippen LogP contribution in [-0.4, -0.2) is 71.4 Å². The number of nitrogen functional groups attached to an aromatic ring is 1. The maximum Gasteiger partial charge on any atom is 0.222 e. The van der Waals surface area contributed by atoms with Crippen LogP contribution in [0.4, 0.5) is 11.8 Å². The van der Waals surface area contributed by atoms with Crippen LogP contribution in [0.15, 0.2) is 24.4 Å². The smallest absolute Gasteiger partial charge is 0.222 e. The van der Waals surface area contributed by atoms with E-state index in [0.717, 1.165) is 56.0 Å². The van der Waals surface area contributed by atoms with Gasteiger partial charge in [-0.05, 0) is 44.9 Å². The molecule has 0 aliphatic carbocycles. The number of aliphatic hydroxyl groups excluding tert-OH is 1. The number of unbranched alkanes of at least 4 members (excludes halogenated alkanes) is 1. The molecule has 10 nitrogen and oxygen atoms in total. The first-order valence-corrected chi connectivity index (χ1v) is 12.8. The normalized spacial score (nSPS) is 13.9. The largest absolute Gasteiger partial charge is 0.496 e. The van der Waals surface area contributed by atoms with E-state index < -0.39 is 0 Å². The Morgan fingerprint density at radius 1 is 1.28 bits per heavy atom. The number of nitrogens with zero attached hydrogens (tertiary/aromatic N) is 5.